The number of aryl methyl sites for hydroxylation is 1. The minimum Gasteiger partial charge on any atom is -0.465 e. The molecule has 0 saturated carbocycles. The number of ether oxygens (including phenoxy) is 1. The van der Waals surface area contributed by atoms with Gasteiger partial charge in [-0.15, -0.1) is 0 Å². The van der Waals surface area contributed by atoms with Gasteiger partial charge in [-0.05, 0) is 55.8 Å². The fourth-order valence-electron chi connectivity index (χ4n) is 4.87. The van der Waals surface area contributed by atoms with Crippen molar-refractivity contribution in [2.45, 2.75) is 19.9 Å². The van der Waals surface area contributed by atoms with Crippen LogP contribution in [0.25, 0.3) is 16.6 Å². The summed E-state index contributed by atoms with van der Waals surface area (Å²) in [6.07, 6.45) is 3.68. The van der Waals surface area contributed by atoms with Gasteiger partial charge in [0.05, 0.1) is 16.6 Å². The second-order valence-electron chi connectivity index (χ2n) is 9.42. The van der Waals surface area contributed by atoms with Crippen LogP contribution in [0.5, 0.6) is 11.5 Å². The molecule has 6 rings (SSSR count). The summed E-state index contributed by atoms with van der Waals surface area (Å²) in [5.41, 5.74) is 3.11. The Hall–Kier alpha value is -5.00. The van der Waals surface area contributed by atoms with Crippen molar-refractivity contribution in [3.8, 4) is 11.5 Å². The van der Waals surface area contributed by atoms with Gasteiger partial charge >= 0.3 is 6.09 Å². The Morgan fingerprint density at radius 2 is 1.97 bits per heavy atom. The smallest absolute Gasteiger partial charge is 0.407 e. The Labute approximate surface area is 222 Å². The van der Waals surface area contributed by atoms with Crippen molar-refractivity contribution < 1.29 is 19.0 Å². The number of pyridine rings is 1. The SMILES string of the molecule is Cc1cc(Nc2ncnc3ccc(N4CCN(C(=O)O)[C@H](C)C4)c(F)c23)ccc1Oc1ccn2ncnc2c1. The molecule has 0 spiro atoms. The number of rotatable bonds is 5. The number of hydrogen-bond donors (Lipinski definition) is 2. The van der Waals surface area contributed by atoms with Gasteiger partial charge in [-0.2, -0.15) is 5.10 Å². The second-order valence-corrected chi connectivity index (χ2v) is 9.42. The number of carbonyl (C=O) groups is 1. The number of anilines is 3. The standard InChI is InChI=1S/C27H25FN8O3/c1-16-11-18(3-6-22(16)39-19-7-8-36-23(12-19)30-15-32-36)33-26-24-20(29-14-31-26)4-5-21(25(24)28)34-9-10-35(27(37)38)17(2)13-34/h3-8,11-12,14-15,17H,9-10,13H2,1-2H3,(H,37,38)(H,29,31,33)/t17-/m1/s1. The lowest BCUT2D eigenvalue weighted by molar-refractivity contribution is 0.122. The molecule has 1 amide bonds. The van der Waals surface area contributed by atoms with Gasteiger partial charge in [-0.1, -0.05) is 0 Å². The van der Waals surface area contributed by atoms with Crippen LogP contribution in [0.4, 0.5) is 26.4 Å². The summed E-state index contributed by atoms with van der Waals surface area (Å²) in [7, 11) is 0. The molecule has 1 fully saturated rings. The van der Waals surface area contributed by atoms with Gasteiger partial charge in [0.25, 0.3) is 0 Å². The van der Waals surface area contributed by atoms with E-state index in [-0.39, 0.29) is 11.4 Å². The minimum atomic E-state index is -0.968. The van der Waals surface area contributed by atoms with E-state index in [9.17, 15) is 9.90 Å². The van der Waals surface area contributed by atoms with Crippen molar-refractivity contribution in [3.63, 3.8) is 0 Å². The number of aromatic nitrogens is 5. The first kappa shape index (κ1) is 24.3. The molecule has 3 aromatic heterocycles. The number of carboxylic acid groups (broad SMARTS) is 1. The molecular weight excluding hydrogens is 503 g/mol. The van der Waals surface area contributed by atoms with Crippen molar-refractivity contribution in [3.05, 3.63) is 72.7 Å². The number of piperazine rings is 1. The molecule has 12 heteroatoms. The number of benzene rings is 2. The third-order valence-corrected chi connectivity index (χ3v) is 6.85. The molecular formula is C27H25FN8O3. The van der Waals surface area contributed by atoms with Crippen molar-refractivity contribution in [1.29, 1.82) is 0 Å². The van der Waals surface area contributed by atoms with E-state index in [0.717, 1.165) is 5.56 Å². The van der Waals surface area contributed by atoms with Crippen LogP contribution in [-0.2, 0) is 0 Å². The van der Waals surface area contributed by atoms with Crippen molar-refractivity contribution in [2.24, 2.45) is 0 Å². The Morgan fingerprint density at radius 3 is 2.77 bits per heavy atom. The lowest BCUT2D eigenvalue weighted by Gasteiger charge is -2.39. The maximum Gasteiger partial charge on any atom is 0.407 e. The van der Waals surface area contributed by atoms with E-state index in [2.05, 4.69) is 25.4 Å². The largest absolute Gasteiger partial charge is 0.465 e. The van der Waals surface area contributed by atoms with Crippen LogP contribution in [0.3, 0.4) is 0 Å². The van der Waals surface area contributed by atoms with Crippen LogP contribution in [-0.4, -0.2) is 66.3 Å². The molecule has 1 atom stereocenters. The quantitative estimate of drug-likeness (QED) is 0.330. The first-order valence-electron chi connectivity index (χ1n) is 12.4. The molecule has 0 radical (unpaired) electrons. The van der Waals surface area contributed by atoms with Crippen LogP contribution in [0.1, 0.15) is 12.5 Å². The van der Waals surface area contributed by atoms with Crippen LogP contribution in [0, 0.1) is 12.7 Å². The maximum atomic E-state index is 16.0. The lowest BCUT2D eigenvalue weighted by atomic mass is 10.1. The van der Waals surface area contributed by atoms with E-state index in [1.165, 1.54) is 17.6 Å². The van der Waals surface area contributed by atoms with Gasteiger partial charge in [0.15, 0.2) is 11.5 Å². The lowest BCUT2D eigenvalue weighted by Crippen LogP contribution is -2.53. The van der Waals surface area contributed by atoms with Crippen LogP contribution < -0.4 is 15.0 Å². The normalized spacial score (nSPS) is 15.6. The average molecular weight is 529 g/mol. The van der Waals surface area contributed by atoms with Gasteiger partial charge < -0.3 is 25.0 Å². The van der Waals surface area contributed by atoms with Crippen LogP contribution in [0.2, 0.25) is 0 Å². The third-order valence-electron chi connectivity index (χ3n) is 6.85. The third kappa shape index (κ3) is 4.60. The fourth-order valence-corrected chi connectivity index (χ4v) is 4.87. The molecule has 2 aromatic carbocycles. The molecule has 0 bridgehead atoms. The summed E-state index contributed by atoms with van der Waals surface area (Å²) in [6.45, 7) is 4.81. The topological polar surface area (TPSA) is 121 Å². The summed E-state index contributed by atoms with van der Waals surface area (Å²) in [5, 5.41) is 17.0. The van der Waals surface area contributed by atoms with Gasteiger partial charge in [-0.25, -0.2) is 28.7 Å². The van der Waals surface area contributed by atoms with E-state index in [1.807, 2.05) is 43.0 Å². The molecule has 5 aromatic rings. The molecule has 39 heavy (non-hydrogen) atoms. The Bertz CT molecular complexity index is 1710. The highest BCUT2D eigenvalue weighted by Gasteiger charge is 2.29. The molecule has 0 aliphatic carbocycles. The van der Waals surface area contributed by atoms with Gasteiger partial charge in [0.1, 0.15) is 30.0 Å². The number of nitrogens with zero attached hydrogens (tertiary/aromatic N) is 7. The van der Waals surface area contributed by atoms with Gasteiger partial charge in [0.2, 0.25) is 0 Å². The van der Waals surface area contributed by atoms with E-state index in [4.69, 9.17) is 4.74 Å². The molecule has 11 nitrogen and oxygen atoms in total. The number of fused-ring (bicyclic) bond motifs is 2. The van der Waals surface area contributed by atoms with E-state index < -0.39 is 11.9 Å². The van der Waals surface area contributed by atoms with Gasteiger partial charge in [-0.3, -0.25) is 0 Å². The number of hydrogen-bond acceptors (Lipinski definition) is 8. The molecule has 1 aliphatic rings. The zero-order chi connectivity index (χ0) is 27.1. The summed E-state index contributed by atoms with van der Waals surface area (Å²) in [6, 6.07) is 12.3. The Morgan fingerprint density at radius 1 is 1.10 bits per heavy atom. The maximum absolute atomic E-state index is 16.0. The van der Waals surface area contributed by atoms with Crippen molar-refractivity contribution in [2.75, 3.05) is 29.9 Å². The number of nitrogens with one attached hydrogen (secondary N) is 1. The molecule has 198 valence electrons. The minimum absolute atomic E-state index is 0.266. The predicted octanol–water partition coefficient (Wildman–Crippen LogP) is 4.84. The van der Waals surface area contributed by atoms with E-state index in [1.54, 1.807) is 28.9 Å². The van der Waals surface area contributed by atoms with E-state index in [0.29, 0.717) is 59.5 Å². The molecule has 1 aliphatic heterocycles. The average Bonchev–Trinajstić information content (AvgIpc) is 3.38. The molecule has 0 unspecified atom stereocenters. The summed E-state index contributed by atoms with van der Waals surface area (Å²) < 4.78 is 23.7. The van der Waals surface area contributed by atoms with Gasteiger partial charge in [0, 0.05) is 43.6 Å². The highest BCUT2D eigenvalue weighted by Crippen LogP contribution is 2.34. The Balaban J connectivity index is 1.26. The highest BCUT2D eigenvalue weighted by atomic mass is 19.1. The van der Waals surface area contributed by atoms with Crippen molar-refractivity contribution >= 4 is 39.8 Å². The zero-order valence-electron chi connectivity index (χ0n) is 21.2. The van der Waals surface area contributed by atoms with Crippen molar-refractivity contribution in [1.82, 2.24) is 29.5 Å². The first-order chi connectivity index (χ1) is 18.9. The molecule has 4 heterocycles. The summed E-state index contributed by atoms with van der Waals surface area (Å²) >= 11 is 0. The Kier molecular flexibility index (Phi) is 6.06. The van der Waals surface area contributed by atoms with Crippen LogP contribution >= 0.6 is 0 Å². The van der Waals surface area contributed by atoms with Crippen LogP contribution in [0.15, 0.2) is 61.3 Å². The molecule has 2 N–H and O–H groups in total. The number of amides is 1. The summed E-state index contributed by atoms with van der Waals surface area (Å²) in [5.74, 6) is 1.18. The fraction of sp³-hybridized carbons (Fsp3) is 0.222. The summed E-state index contributed by atoms with van der Waals surface area (Å²) in [4.78, 5) is 27.4. The highest BCUT2D eigenvalue weighted by molar-refractivity contribution is 5.94. The number of halogens is 1. The zero-order valence-corrected chi connectivity index (χ0v) is 21.2. The first-order valence-corrected chi connectivity index (χ1v) is 12.4. The second kappa shape index (κ2) is 9.71. The predicted molar refractivity (Wildman–Crippen MR) is 143 cm³/mol. The van der Waals surface area contributed by atoms with E-state index >= 15 is 4.39 Å². The monoisotopic (exact) mass is 528 g/mol. The molecule has 1 saturated heterocycles.